The van der Waals surface area contributed by atoms with Gasteiger partial charge in [-0.3, -0.25) is 4.79 Å². The fraction of sp³-hybridized carbons (Fsp3) is 0.0769. The monoisotopic (exact) mass is 478 g/mol. The molecule has 0 fully saturated rings. The highest BCUT2D eigenvalue weighted by Crippen LogP contribution is 2.25. The summed E-state index contributed by atoms with van der Waals surface area (Å²) in [6.45, 7) is -0.121. The summed E-state index contributed by atoms with van der Waals surface area (Å²) in [6, 6.07) is 8.91. The van der Waals surface area contributed by atoms with Crippen LogP contribution in [-0.2, 0) is 4.79 Å². The number of benzene rings is 1. The van der Waals surface area contributed by atoms with Crippen LogP contribution in [0.15, 0.2) is 53.5 Å². The standard InChI is InChI=1S/C13H9Br3N2O3/c14-8-1-3-9(4-2-8)20-7-12(19)18-17-6-10-5-11(15)13(16)21-10/h1-6H,7H2,(H,18,19)/b17-6-. The van der Waals surface area contributed by atoms with Crippen LogP contribution in [0.25, 0.3) is 0 Å². The maximum atomic E-state index is 11.5. The van der Waals surface area contributed by atoms with E-state index in [4.69, 9.17) is 9.15 Å². The Morgan fingerprint density at radius 2 is 2.00 bits per heavy atom. The van der Waals surface area contributed by atoms with E-state index in [1.807, 2.05) is 12.1 Å². The average Bonchev–Trinajstić information content (AvgIpc) is 2.77. The fourth-order valence-corrected chi connectivity index (χ4v) is 2.18. The summed E-state index contributed by atoms with van der Waals surface area (Å²) in [7, 11) is 0. The van der Waals surface area contributed by atoms with Gasteiger partial charge in [-0.15, -0.1) is 0 Å². The van der Waals surface area contributed by atoms with Crippen molar-refractivity contribution < 1.29 is 13.9 Å². The van der Waals surface area contributed by atoms with Crippen LogP contribution in [-0.4, -0.2) is 18.7 Å². The van der Waals surface area contributed by atoms with Crippen LogP contribution in [0.1, 0.15) is 5.76 Å². The molecule has 0 atom stereocenters. The van der Waals surface area contributed by atoms with Crippen molar-refractivity contribution in [2.75, 3.05) is 6.61 Å². The van der Waals surface area contributed by atoms with Crippen molar-refractivity contribution in [3.63, 3.8) is 0 Å². The molecular formula is C13H9Br3N2O3. The van der Waals surface area contributed by atoms with E-state index in [0.717, 1.165) is 8.95 Å². The lowest BCUT2D eigenvalue weighted by Crippen LogP contribution is -2.24. The smallest absolute Gasteiger partial charge is 0.277 e. The van der Waals surface area contributed by atoms with Crippen molar-refractivity contribution >= 4 is 59.9 Å². The lowest BCUT2D eigenvalue weighted by atomic mass is 10.3. The maximum absolute atomic E-state index is 11.5. The molecule has 21 heavy (non-hydrogen) atoms. The van der Waals surface area contributed by atoms with Crippen LogP contribution in [0, 0.1) is 0 Å². The molecule has 0 saturated carbocycles. The molecule has 0 unspecified atom stereocenters. The van der Waals surface area contributed by atoms with E-state index in [1.165, 1.54) is 6.21 Å². The summed E-state index contributed by atoms with van der Waals surface area (Å²) >= 11 is 9.81. The minimum atomic E-state index is -0.362. The summed E-state index contributed by atoms with van der Waals surface area (Å²) in [4.78, 5) is 11.5. The number of furan rings is 1. The van der Waals surface area contributed by atoms with Gasteiger partial charge < -0.3 is 9.15 Å². The molecule has 2 rings (SSSR count). The quantitative estimate of drug-likeness (QED) is 0.518. The summed E-state index contributed by atoms with van der Waals surface area (Å²) in [5.74, 6) is 0.748. The molecule has 2 aromatic rings. The zero-order valence-corrected chi connectivity index (χ0v) is 15.2. The number of nitrogens with one attached hydrogen (secondary N) is 1. The van der Waals surface area contributed by atoms with E-state index in [2.05, 4.69) is 58.3 Å². The third-order valence-electron chi connectivity index (χ3n) is 2.23. The van der Waals surface area contributed by atoms with Gasteiger partial charge in [-0.1, -0.05) is 15.9 Å². The molecule has 8 heteroatoms. The van der Waals surface area contributed by atoms with E-state index < -0.39 is 0 Å². The van der Waals surface area contributed by atoms with Gasteiger partial charge in [0, 0.05) is 10.5 Å². The Labute approximate surface area is 146 Å². The van der Waals surface area contributed by atoms with Crippen LogP contribution in [0.3, 0.4) is 0 Å². The molecule has 0 spiro atoms. The Hall–Kier alpha value is -1.12. The molecule has 1 heterocycles. The molecule has 5 nitrogen and oxygen atoms in total. The topological polar surface area (TPSA) is 63.8 Å². The predicted molar refractivity (Wildman–Crippen MR) is 89.5 cm³/mol. The number of hydrogen-bond acceptors (Lipinski definition) is 4. The van der Waals surface area contributed by atoms with E-state index in [9.17, 15) is 4.79 Å². The van der Waals surface area contributed by atoms with Crippen molar-refractivity contribution in [2.24, 2.45) is 5.10 Å². The predicted octanol–water partition coefficient (Wildman–Crippen LogP) is 4.10. The van der Waals surface area contributed by atoms with Gasteiger partial charge in [0.2, 0.25) is 0 Å². The molecule has 110 valence electrons. The number of carbonyl (C=O) groups excluding carboxylic acids is 1. The number of nitrogens with zero attached hydrogens (tertiary/aromatic N) is 1. The molecular weight excluding hydrogens is 472 g/mol. The first-order valence-electron chi connectivity index (χ1n) is 5.69. The number of hydrogen-bond donors (Lipinski definition) is 1. The van der Waals surface area contributed by atoms with Crippen molar-refractivity contribution in [1.29, 1.82) is 0 Å². The van der Waals surface area contributed by atoms with Crippen molar-refractivity contribution in [3.8, 4) is 5.75 Å². The molecule has 1 N–H and O–H groups in total. The lowest BCUT2D eigenvalue weighted by molar-refractivity contribution is -0.123. The largest absolute Gasteiger partial charge is 0.484 e. The van der Waals surface area contributed by atoms with Crippen molar-refractivity contribution in [3.05, 3.63) is 49.7 Å². The third kappa shape index (κ3) is 5.29. The van der Waals surface area contributed by atoms with Crippen LogP contribution in [0.2, 0.25) is 0 Å². The van der Waals surface area contributed by atoms with Gasteiger partial charge in [-0.05, 0) is 56.1 Å². The molecule has 0 bridgehead atoms. The molecule has 0 aliphatic rings. The third-order valence-corrected chi connectivity index (χ3v) is 4.47. The Kier molecular flexibility index (Phi) is 6.01. The fourth-order valence-electron chi connectivity index (χ4n) is 1.31. The highest BCUT2D eigenvalue weighted by atomic mass is 79.9. The Morgan fingerprint density at radius 1 is 1.29 bits per heavy atom. The first kappa shape index (κ1) is 16.3. The molecule has 0 aliphatic heterocycles. The molecule has 0 aliphatic carbocycles. The Bertz CT molecular complexity index is 634. The summed E-state index contributed by atoms with van der Waals surface area (Å²) in [6.07, 6.45) is 1.40. The number of ether oxygens (including phenoxy) is 1. The number of amides is 1. The SMILES string of the molecule is O=C(COc1ccc(Br)cc1)N/N=C\c1cc(Br)c(Br)o1. The number of carbonyl (C=O) groups is 1. The highest BCUT2D eigenvalue weighted by molar-refractivity contribution is 9.13. The normalized spacial score (nSPS) is 10.8. The summed E-state index contributed by atoms with van der Waals surface area (Å²) in [5, 5.41) is 3.77. The first-order chi connectivity index (χ1) is 10.0. The van der Waals surface area contributed by atoms with Crippen LogP contribution < -0.4 is 10.2 Å². The van der Waals surface area contributed by atoms with Gasteiger partial charge in [0.1, 0.15) is 11.5 Å². The summed E-state index contributed by atoms with van der Waals surface area (Å²) in [5.41, 5.74) is 2.35. The van der Waals surface area contributed by atoms with Gasteiger partial charge in [0.05, 0.1) is 10.7 Å². The molecule has 0 radical (unpaired) electrons. The first-order valence-corrected chi connectivity index (χ1v) is 8.07. The number of hydrazone groups is 1. The van der Waals surface area contributed by atoms with Crippen molar-refractivity contribution in [2.45, 2.75) is 0 Å². The number of halogens is 3. The van der Waals surface area contributed by atoms with Crippen LogP contribution >= 0.6 is 47.8 Å². The van der Waals surface area contributed by atoms with Gasteiger partial charge in [0.15, 0.2) is 11.3 Å². The number of rotatable bonds is 5. The van der Waals surface area contributed by atoms with E-state index in [0.29, 0.717) is 16.2 Å². The highest BCUT2D eigenvalue weighted by Gasteiger charge is 2.04. The minimum Gasteiger partial charge on any atom is -0.484 e. The van der Waals surface area contributed by atoms with E-state index in [-0.39, 0.29) is 12.5 Å². The summed E-state index contributed by atoms with van der Waals surface area (Å²) < 4.78 is 12.9. The average molecular weight is 481 g/mol. The van der Waals surface area contributed by atoms with E-state index in [1.54, 1.807) is 18.2 Å². The molecule has 1 aromatic heterocycles. The maximum Gasteiger partial charge on any atom is 0.277 e. The zero-order chi connectivity index (χ0) is 15.2. The van der Waals surface area contributed by atoms with Crippen LogP contribution in [0.5, 0.6) is 5.75 Å². The van der Waals surface area contributed by atoms with Gasteiger partial charge in [-0.2, -0.15) is 5.10 Å². The lowest BCUT2D eigenvalue weighted by Gasteiger charge is -2.04. The second-order valence-electron chi connectivity index (χ2n) is 3.81. The van der Waals surface area contributed by atoms with Crippen LogP contribution in [0.4, 0.5) is 0 Å². The Morgan fingerprint density at radius 3 is 2.62 bits per heavy atom. The molecule has 0 saturated heterocycles. The second-order valence-corrected chi connectivity index (χ2v) is 6.30. The second kappa shape index (κ2) is 7.77. The minimum absolute atomic E-state index is 0.121. The Balaban J connectivity index is 1.78. The van der Waals surface area contributed by atoms with Gasteiger partial charge in [0.25, 0.3) is 5.91 Å². The van der Waals surface area contributed by atoms with Crippen molar-refractivity contribution in [1.82, 2.24) is 5.43 Å². The van der Waals surface area contributed by atoms with Gasteiger partial charge in [-0.25, -0.2) is 5.43 Å². The van der Waals surface area contributed by atoms with Gasteiger partial charge >= 0.3 is 0 Å². The molecule has 1 amide bonds. The zero-order valence-electron chi connectivity index (χ0n) is 10.5. The molecule has 1 aromatic carbocycles. The van der Waals surface area contributed by atoms with E-state index >= 15 is 0 Å².